The highest BCUT2D eigenvalue weighted by Gasteiger charge is 2.29. The molecule has 0 spiro atoms. The molecule has 4 rings (SSSR count). The highest BCUT2D eigenvalue weighted by Crippen LogP contribution is 2.33. The summed E-state index contributed by atoms with van der Waals surface area (Å²) in [5, 5.41) is 0. The van der Waals surface area contributed by atoms with Crippen molar-refractivity contribution in [2.45, 2.75) is 19.3 Å². The number of anilines is 1. The molecule has 0 atom stereocenters. The van der Waals surface area contributed by atoms with Crippen molar-refractivity contribution >= 4 is 11.7 Å². The van der Waals surface area contributed by atoms with E-state index in [0.29, 0.717) is 0 Å². The van der Waals surface area contributed by atoms with Gasteiger partial charge in [0, 0.05) is 37.7 Å². The third kappa shape index (κ3) is 2.25. The number of fused-ring (bicyclic) bond motifs is 1. The van der Waals surface area contributed by atoms with E-state index in [4.69, 9.17) is 0 Å². The second-order valence-electron chi connectivity index (χ2n) is 5.96. The van der Waals surface area contributed by atoms with Crippen molar-refractivity contribution in [2.24, 2.45) is 0 Å². The van der Waals surface area contributed by atoms with E-state index in [1.54, 1.807) is 6.20 Å². The largest absolute Gasteiger partial charge is 0.324 e. The molecule has 4 heteroatoms. The minimum absolute atomic E-state index is 0.172. The molecule has 1 aromatic carbocycles. The number of benzene rings is 1. The predicted molar refractivity (Wildman–Crippen MR) is 86.9 cm³/mol. The fourth-order valence-corrected chi connectivity index (χ4v) is 3.39. The van der Waals surface area contributed by atoms with Crippen molar-refractivity contribution in [1.82, 2.24) is 9.88 Å². The summed E-state index contributed by atoms with van der Waals surface area (Å²) >= 11 is 0. The monoisotopic (exact) mass is 293 g/mol. The Morgan fingerprint density at radius 2 is 1.91 bits per heavy atom. The maximum absolute atomic E-state index is 12.6. The molecule has 2 aliphatic rings. The molecule has 3 heterocycles. The number of rotatable bonds is 1. The minimum atomic E-state index is 0.172. The zero-order chi connectivity index (χ0) is 14.9. The molecule has 2 amide bonds. The van der Waals surface area contributed by atoms with Crippen LogP contribution < -0.4 is 4.90 Å². The summed E-state index contributed by atoms with van der Waals surface area (Å²) in [6.07, 6.45) is 6.86. The first-order valence-corrected chi connectivity index (χ1v) is 7.93. The maximum atomic E-state index is 12.6. The molecule has 2 aliphatic heterocycles. The number of nitrogens with zero attached hydrogens (tertiary/aromatic N) is 3. The van der Waals surface area contributed by atoms with Gasteiger partial charge in [-0.1, -0.05) is 12.1 Å². The van der Waals surface area contributed by atoms with E-state index in [2.05, 4.69) is 29.2 Å². The first-order chi connectivity index (χ1) is 10.8. The molecule has 22 heavy (non-hydrogen) atoms. The molecule has 1 aromatic heterocycles. The molecule has 1 fully saturated rings. The summed E-state index contributed by atoms with van der Waals surface area (Å²) in [5.74, 6) is 0. The predicted octanol–water partition coefficient (Wildman–Crippen LogP) is 3.33. The lowest BCUT2D eigenvalue weighted by Crippen LogP contribution is -2.40. The number of carbonyl (C=O) groups excluding carboxylic acids is 1. The lowest BCUT2D eigenvalue weighted by atomic mass is 10.0. The summed E-state index contributed by atoms with van der Waals surface area (Å²) in [5.41, 5.74) is 4.62. The van der Waals surface area contributed by atoms with E-state index in [-0.39, 0.29) is 6.03 Å². The van der Waals surface area contributed by atoms with Crippen LogP contribution in [0.25, 0.3) is 11.1 Å². The zero-order valence-electron chi connectivity index (χ0n) is 12.5. The van der Waals surface area contributed by atoms with Crippen molar-refractivity contribution < 1.29 is 4.79 Å². The van der Waals surface area contributed by atoms with Crippen molar-refractivity contribution in [3.63, 3.8) is 0 Å². The second kappa shape index (κ2) is 5.44. The molecular formula is C18H19N3O. The van der Waals surface area contributed by atoms with Gasteiger partial charge in [0.2, 0.25) is 0 Å². The van der Waals surface area contributed by atoms with Gasteiger partial charge in [-0.25, -0.2) is 4.79 Å². The number of carbonyl (C=O) groups is 1. The van der Waals surface area contributed by atoms with Crippen LogP contribution in [0.5, 0.6) is 0 Å². The van der Waals surface area contributed by atoms with E-state index in [9.17, 15) is 4.79 Å². The van der Waals surface area contributed by atoms with E-state index in [0.717, 1.165) is 50.1 Å². The van der Waals surface area contributed by atoms with Crippen LogP contribution in [0.1, 0.15) is 18.4 Å². The van der Waals surface area contributed by atoms with Gasteiger partial charge in [0.15, 0.2) is 0 Å². The molecule has 0 aliphatic carbocycles. The molecule has 2 aromatic rings. The number of amides is 2. The lowest BCUT2D eigenvalue weighted by molar-refractivity contribution is 0.216. The topological polar surface area (TPSA) is 36.4 Å². The molecular weight excluding hydrogens is 274 g/mol. The van der Waals surface area contributed by atoms with Crippen molar-refractivity contribution in [3.05, 3.63) is 48.3 Å². The minimum Gasteiger partial charge on any atom is -0.324 e. The Hall–Kier alpha value is -2.36. The average molecular weight is 293 g/mol. The average Bonchev–Trinajstić information content (AvgIpc) is 3.24. The molecule has 1 saturated heterocycles. The standard InChI is InChI=1S/C18H19N3O/c22-18(20-9-1-2-10-20)21-11-7-15-12-14(5-6-17(15)21)16-4-3-8-19-13-16/h3-6,8,12-13H,1-2,7,9-11H2. The van der Waals surface area contributed by atoms with Crippen molar-refractivity contribution in [2.75, 3.05) is 24.5 Å². The van der Waals surface area contributed by atoms with E-state index in [1.165, 1.54) is 11.1 Å². The summed E-state index contributed by atoms with van der Waals surface area (Å²) < 4.78 is 0. The fraction of sp³-hybridized carbons (Fsp3) is 0.333. The molecule has 112 valence electrons. The van der Waals surface area contributed by atoms with Crippen LogP contribution in [0.15, 0.2) is 42.7 Å². The van der Waals surface area contributed by atoms with Gasteiger partial charge in [0.05, 0.1) is 0 Å². The van der Waals surface area contributed by atoms with Gasteiger partial charge in [0.1, 0.15) is 0 Å². The number of hydrogen-bond acceptors (Lipinski definition) is 2. The summed E-state index contributed by atoms with van der Waals surface area (Å²) in [6, 6.07) is 10.6. The Balaban J connectivity index is 1.62. The van der Waals surface area contributed by atoms with Crippen LogP contribution in [0, 0.1) is 0 Å². The second-order valence-corrected chi connectivity index (χ2v) is 5.96. The normalized spacial score (nSPS) is 16.9. The van der Waals surface area contributed by atoms with Crippen LogP contribution >= 0.6 is 0 Å². The third-order valence-corrected chi connectivity index (χ3v) is 4.58. The fourth-order valence-electron chi connectivity index (χ4n) is 3.39. The number of likely N-dealkylation sites (tertiary alicyclic amines) is 1. The lowest BCUT2D eigenvalue weighted by Gasteiger charge is -2.24. The van der Waals surface area contributed by atoms with Gasteiger partial charge < -0.3 is 4.90 Å². The van der Waals surface area contributed by atoms with Gasteiger partial charge in [-0.05, 0) is 54.2 Å². The SMILES string of the molecule is O=C(N1CCCC1)N1CCc2cc(-c3cccnc3)ccc21. The zero-order valence-corrected chi connectivity index (χ0v) is 12.5. The Bertz CT molecular complexity index is 693. The van der Waals surface area contributed by atoms with Crippen LogP contribution in [0.3, 0.4) is 0 Å². The highest BCUT2D eigenvalue weighted by atomic mass is 16.2. The first kappa shape index (κ1) is 13.3. The number of aromatic nitrogens is 1. The van der Waals surface area contributed by atoms with E-state index in [1.807, 2.05) is 22.1 Å². The molecule has 4 nitrogen and oxygen atoms in total. The van der Waals surface area contributed by atoms with Gasteiger partial charge in [-0.2, -0.15) is 0 Å². The smallest absolute Gasteiger partial charge is 0.324 e. The van der Waals surface area contributed by atoms with Crippen LogP contribution in [0.4, 0.5) is 10.5 Å². The first-order valence-electron chi connectivity index (χ1n) is 7.93. The summed E-state index contributed by atoms with van der Waals surface area (Å²) in [4.78, 5) is 20.7. The molecule has 0 bridgehead atoms. The van der Waals surface area contributed by atoms with Gasteiger partial charge >= 0.3 is 6.03 Å². The van der Waals surface area contributed by atoms with E-state index >= 15 is 0 Å². The van der Waals surface area contributed by atoms with Crippen molar-refractivity contribution in [3.8, 4) is 11.1 Å². The number of urea groups is 1. The Morgan fingerprint density at radius 3 is 2.68 bits per heavy atom. The Kier molecular flexibility index (Phi) is 3.29. The number of pyridine rings is 1. The van der Waals surface area contributed by atoms with Gasteiger partial charge in [-0.15, -0.1) is 0 Å². The van der Waals surface area contributed by atoms with Gasteiger partial charge in [0.25, 0.3) is 0 Å². The molecule has 0 radical (unpaired) electrons. The quantitative estimate of drug-likeness (QED) is 0.808. The number of hydrogen-bond donors (Lipinski definition) is 0. The van der Waals surface area contributed by atoms with E-state index < -0.39 is 0 Å². The third-order valence-electron chi connectivity index (χ3n) is 4.58. The van der Waals surface area contributed by atoms with Crippen LogP contribution in [-0.4, -0.2) is 35.5 Å². The van der Waals surface area contributed by atoms with Crippen LogP contribution in [-0.2, 0) is 6.42 Å². The summed E-state index contributed by atoms with van der Waals surface area (Å²) in [7, 11) is 0. The molecule has 0 N–H and O–H groups in total. The van der Waals surface area contributed by atoms with Crippen molar-refractivity contribution in [1.29, 1.82) is 0 Å². The molecule has 0 unspecified atom stereocenters. The Morgan fingerprint density at radius 1 is 1.05 bits per heavy atom. The Labute approximate surface area is 130 Å². The highest BCUT2D eigenvalue weighted by molar-refractivity contribution is 5.94. The van der Waals surface area contributed by atoms with Crippen LogP contribution in [0.2, 0.25) is 0 Å². The summed E-state index contributed by atoms with van der Waals surface area (Å²) in [6.45, 7) is 2.60. The maximum Gasteiger partial charge on any atom is 0.324 e. The molecule has 0 saturated carbocycles. The van der Waals surface area contributed by atoms with Gasteiger partial charge in [-0.3, -0.25) is 9.88 Å².